The number of carbonyl (C=O) groups is 3. The molecule has 2 fully saturated rings. The number of hydrogen-bond donors (Lipinski definition) is 1. The lowest BCUT2D eigenvalue weighted by molar-refractivity contribution is -0.156. The normalized spacial score (nSPS) is 30.2. The van der Waals surface area contributed by atoms with Gasteiger partial charge >= 0.3 is 5.97 Å². The highest BCUT2D eigenvalue weighted by Gasteiger charge is 2.42. The van der Waals surface area contributed by atoms with Gasteiger partial charge in [-0.25, -0.2) is 0 Å². The van der Waals surface area contributed by atoms with Crippen molar-refractivity contribution in [1.29, 1.82) is 0 Å². The Labute approximate surface area is 98.0 Å². The van der Waals surface area contributed by atoms with Gasteiger partial charge in [0.05, 0.1) is 32.8 Å². The highest BCUT2D eigenvalue weighted by Crippen LogP contribution is 2.18. The molecule has 94 valence electrons. The van der Waals surface area contributed by atoms with Crippen LogP contribution in [0.5, 0.6) is 0 Å². The van der Waals surface area contributed by atoms with Gasteiger partial charge in [0, 0.05) is 6.54 Å². The molecule has 0 aromatic carbocycles. The maximum Gasteiger partial charge on any atom is 0.325 e. The van der Waals surface area contributed by atoms with Crippen molar-refractivity contribution in [3.8, 4) is 0 Å². The Morgan fingerprint density at radius 3 is 2.88 bits per heavy atom. The van der Waals surface area contributed by atoms with Gasteiger partial charge in [0.15, 0.2) is 0 Å². The highest BCUT2D eigenvalue weighted by molar-refractivity contribution is 6.05. The molecule has 2 heterocycles. The molecule has 2 saturated heterocycles. The van der Waals surface area contributed by atoms with E-state index in [2.05, 4.69) is 10.1 Å². The second kappa shape index (κ2) is 4.80. The van der Waals surface area contributed by atoms with Gasteiger partial charge in [0.2, 0.25) is 11.8 Å². The first-order valence-electron chi connectivity index (χ1n) is 5.38. The quantitative estimate of drug-likeness (QED) is 0.458. The minimum Gasteiger partial charge on any atom is -0.468 e. The fourth-order valence-electron chi connectivity index (χ4n) is 2.14. The third-order valence-corrected chi connectivity index (χ3v) is 2.99. The van der Waals surface area contributed by atoms with Crippen LogP contribution in [0.2, 0.25) is 0 Å². The highest BCUT2D eigenvalue weighted by atomic mass is 16.5. The Bertz CT molecular complexity index is 357. The largest absolute Gasteiger partial charge is 0.468 e. The standard InChI is InChI=1S/C10H14N2O5/c1-16-10(15)7-5-17-3-2-12(7)6-4-8(13)11-9(6)14/h6-7H,2-5H2,1H3,(H,11,13,14). The van der Waals surface area contributed by atoms with Gasteiger partial charge in [-0.3, -0.25) is 24.6 Å². The molecule has 2 unspecified atom stereocenters. The molecule has 0 aromatic heterocycles. The lowest BCUT2D eigenvalue weighted by Crippen LogP contribution is -2.56. The van der Waals surface area contributed by atoms with Gasteiger partial charge in [0.25, 0.3) is 0 Å². The summed E-state index contributed by atoms with van der Waals surface area (Å²) in [6.45, 7) is 1.06. The monoisotopic (exact) mass is 242 g/mol. The van der Waals surface area contributed by atoms with E-state index in [-0.39, 0.29) is 24.8 Å². The molecule has 2 aliphatic heterocycles. The number of imide groups is 1. The molecule has 2 rings (SSSR count). The number of ether oxygens (including phenoxy) is 2. The first-order valence-corrected chi connectivity index (χ1v) is 5.38. The van der Waals surface area contributed by atoms with Crippen LogP contribution in [0.1, 0.15) is 6.42 Å². The summed E-state index contributed by atoms with van der Waals surface area (Å²) >= 11 is 0. The topological polar surface area (TPSA) is 84.9 Å². The van der Waals surface area contributed by atoms with E-state index in [1.165, 1.54) is 7.11 Å². The molecule has 1 N–H and O–H groups in total. The molecule has 7 heteroatoms. The van der Waals surface area contributed by atoms with Crippen molar-refractivity contribution >= 4 is 17.8 Å². The summed E-state index contributed by atoms with van der Waals surface area (Å²) in [5.74, 6) is -1.11. The van der Waals surface area contributed by atoms with Crippen LogP contribution in [-0.2, 0) is 23.9 Å². The third kappa shape index (κ3) is 2.29. The van der Waals surface area contributed by atoms with Gasteiger partial charge in [-0.2, -0.15) is 0 Å². The molecular weight excluding hydrogens is 228 g/mol. The first-order chi connectivity index (χ1) is 8.13. The van der Waals surface area contributed by atoms with Crippen LogP contribution >= 0.6 is 0 Å². The predicted octanol–water partition coefficient (Wildman–Crippen LogP) is -1.72. The number of nitrogens with one attached hydrogen (secondary N) is 1. The van der Waals surface area contributed by atoms with E-state index in [1.54, 1.807) is 4.90 Å². The number of rotatable bonds is 2. The van der Waals surface area contributed by atoms with Crippen molar-refractivity contribution < 1.29 is 23.9 Å². The zero-order valence-electron chi connectivity index (χ0n) is 9.47. The molecular formula is C10H14N2O5. The van der Waals surface area contributed by atoms with Gasteiger partial charge < -0.3 is 9.47 Å². The van der Waals surface area contributed by atoms with Crippen LogP contribution in [0.25, 0.3) is 0 Å². The number of nitrogens with zero attached hydrogens (tertiary/aromatic N) is 1. The molecule has 2 aliphatic rings. The van der Waals surface area contributed by atoms with Gasteiger partial charge in [-0.05, 0) is 0 Å². The Hall–Kier alpha value is -1.47. The Balaban J connectivity index is 2.13. The Kier molecular flexibility index (Phi) is 3.39. The van der Waals surface area contributed by atoms with Crippen LogP contribution in [0.3, 0.4) is 0 Å². The average Bonchev–Trinajstić information content (AvgIpc) is 2.67. The molecule has 0 spiro atoms. The zero-order chi connectivity index (χ0) is 12.4. The van der Waals surface area contributed by atoms with Crippen molar-refractivity contribution in [1.82, 2.24) is 10.2 Å². The number of methoxy groups -OCH3 is 1. The number of morpholine rings is 1. The van der Waals surface area contributed by atoms with E-state index in [4.69, 9.17) is 4.74 Å². The zero-order valence-corrected chi connectivity index (χ0v) is 9.47. The van der Waals surface area contributed by atoms with Crippen LogP contribution in [0, 0.1) is 0 Å². The van der Waals surface area contributed by atoms with Gasteiger partial charge in [-0.15, -0.1) is 0 Å². The molecule has 0 radical (unpaired) electrons. The fraction of sp³-hybridized carbons (Fsp3) is 0.700. The molecule has 7 nitrogen and oxygen atoms in total. The number of esters is 1. The van der Waals surface area contributed by atoms with Crippen LogP contribution in [0.4, 0.5) is 0 Å². The maximum absolute atomic E-state index is 11.6. The fourth-order valence-corrected chi connectivity index (χ4v) is 2.14. The minimum absolute atomic E-state index is 0.0896. The summed E-state index contributed by atoms with van der Waals surface area (Å²) in [5, 5.41) is 2.23. The second-order valence-corrected chi connectivity index (χ2v) is 3.98. The molecule has 0 saturated carbocycles. The lowest BCUT2D eigenvalue weighted by atomic mass is 10.1. The van der Waals surface area contributed by atoms with Crippen LogP contribution in [0.15, 0.2) is 0 Å². The SMILES string of the molecule is COC(=O)C1COCCN1C1CC(=O)NC1=O. The summed E-state index contributed by atoms with van der Waals surface area (Å²) in [4.78, 5) is 36.0. The molecule has 17 heavy (non-hydrogen) atoms. The molecule has 0 bridgehead atoms. The van der Waals surface area contributed by atoms with E-state index in [0.29, 0.717) is 13.2 Å². The van der Waals surface area contributed by atoms with Crippen LogP contribution < -0.4 is 5.32 Å². The number of hydrogen-bond acceptors (Lipinski definition) is 6. The van der Waals surface area contributed by atoms with Gasteiger partial charge in [-0.1, -0.05) is 0 Å². The first kappa shape index (κ1) is 12.0. The number of amides is 2. The summed E-state index contributed by atoms with van der Waals surface area (Å²) < 4.78 is 9.86. The van der Waals surface area contributed by atoms with E-state index in [0.717, 1.165) is 0 Å². The smallest absolute Gasteiger partial charge is 0.325 e. The summed E-state index contributed by atoms with van der Waals surface area (Å²) in [6.07, 6.45) is 0.0896. The summed E-state index contributed by atoms with van der Waals surface area (Å²) in [6, 6.07) is -1.20. The van der Waals surface area contributed by atoms with Crippen molar-refractivity contribution in [3.63, 3.8) is 0 Å². The average molecular weight is 242 g/mol. The minimum atomic E-state index is -0.615. The van der Waals surface area contributed by atoms with Crippen molar-refractivity contribution in [3.05, 3.63) is 0 Å². The maximum atomic E-state index is 11.6. The number of carbonyl (C=O) groups excluding carboxylic acids is 3. The van der Waals surface area contributed by atoms with E-state index in [1.807, 2.05) is 0 Å². The molecule has 0 aromatic rings. The van der Waals surface area contributed by atoms with Gasteiger partial charge in [0.1, 0.15) is 6.04 Å². The van der Waals surface area contributed by atoms with Crippen molar-refractivity contribution in [2.75, 3.05) is 26.9 Å². The summed E-state index contributed by atoms with van der Waals surface area (Å²) in [5.41, 5.74) is 0. The van der Waals surface area contributed by atoms with E-state index < -0.39 is 18.1 Å². The third-order valence-electron chi connectivity index (χ3n) is 2.99. The molecule has 2 atom stereocenters. The lowest BCUT2D eigenvalue weighted by Gasteiger charge is -2.36. The van der Waals surface area contributed by atoms with Crippen molar-refractivity contribution in [2.24, 2.45) is 0 Å². The van der Waals surface area contributed by atoms with Crippen molar-refractivity contribution in [2.45, 2.75) is 18.5 Å². The predicted molar refractivity (Wildman–Crippen MR) is 54.9 cm³/mol. The Morgan fingerprint density at radius 1 is 1.53 bits per heavy atom. The van der Waals surface area contributed by atoms with E-state index >= 15 is 0 Å². The Morgan fingerprint density at radius 2 is 2.29 bits per heavy atom. The summed E-state index contributed by atoms with van der Waals surface area (Å²) in [7, 11) is 1.29. The molecule has 2 amide bonds. The van der Waals surface area contributed by atoms with Crippen LogP contribution in [-0.4, -0.2) is 61.6 Å². The second-order valence-electron chi connectivity index (χ2n) is 3.98. The molecule has 0 aliphatic carbocycles. The van der Waals surface area contributed by atoms with E-state index in [9.17, 15) is 14.4 Å².